The monoisotopic (exact) mass is 1180 g/mol. The zero-order valence-corrected chi connectivity index (χ0v) is 51.5. The topological polar surface area (TPSA) is 16.3 Å². The Morgan fingerprint density at radius 2 is 0.634 bits per heavy atom. The van der Waals surface area contributed by atoms with E-state index in [-0.39, 0.29) is 13.4 Å². The molecule has 0 radical (unpaired) electrons. The van der Waals surface area contributed by atoms with E-state index < -0.39 is 5.41 Å². The summed E-state index contributed by atoms with van der Waals surface area (Å²) >= 11 is 0. The molecule has 432 valence electrons. The molecule has 93 heavy (non-hydrogen) atoms. The second kappa shape index (κ2) is 19.7. The van der Waals surface area contributed by atoms with Crippen LogP contribution in [0, 0.1) is 13.8 Å². The third-order valence-electron chi connectivity index (χ3n) is 21.1. The molecule has 2 aliphatic heterocycles. The van der Waals surface area contributed by atoms with Gasteiger partial charge in [-0.3, -0.25) is 0 Å². The molecule has 4 heterocycles. The number of fused-ring (bicyclic) bond motifs is 22. The Hall–Kier alpha value is -11.6. The molecule has 6 heteroatoms. The summed E-state index contributed by atoms with van der Waals surface area (Å²) in [5, 5.41) is 5.02. The van der Waals surface area contributed by atoms with Crippen LogP contribution >= 0.6 is 0 Å². The van der Waals surface area contributed by atoms with Gasteiger partial charge in [0.25, 0.3) is 0 Å². The summed E-state index contributed by atoms with van der Waals surface area (Å²) in [5.41, 5.74) is 33.5. The molecule has 16 aromatic rings. The van der Waals surface area contributed by atoms with Crippen LogP contribution in [0.3, 0.4) is 0 Å². The van der Waals surface area contributed by atoms with Crippen LogP contribution in [0.25, 0.3) is 77.2 Å². The van der Waals surface area contributed by atoms with Crippen molar-refractivity contribution >= 4 is 124 Å². The molecule has 4 nitrogen and oxygen atoms in total. The highest BCUT2D eigenvalue weighted by atomic mass is 15.2. The highest BCUT2D eigenvalue weighted by Gasteiger charge is 2.56. The number of rotatable bonds is 6. The van der Waals surface area contributed by atoms with Crippen molar-refractivity contribution in [3.8, 4) is 33.6 Å². The van der Waals surface area contributed by atoms with Gasteiger partial charge in [-0.2, -0.15) is 0 Å². The van der Waals surface area contributed by atoms with Gasteiger partial charge in [-0.15, -0.1) is 0 Å². The van der Waals surface area contributed by atoms with Crippen molar-refractivity contribution in [2.75, 3.05) is 9.80 Å². The number of aromatic nitrogens is 2. The van der Waals surface area contributed by atoms with Crippen LogP contribution in [-0.4, -0.2) is 22.6 Å². The second-order valence-corrected chi connectivity index (χ2v) is 26.0. The second-order valence-electron chi connectivity index (χ2n) is 26.0. The van der Waals surface area contributed by atoms with Gasteiger partial charge in [0, 0.05) is 78.2 Å². The van der Waals surface area contributed by atoms with E-state index in [0.29, 0.717) is 0 Å². The first-order chi connectivity index (χ1) is 46.0. The Kier molecular flexibility index (Phi) is 11.1. The lowest BCUT2D eigenvalue weighted by molar-refractivity contribution is 0.793. The van der Waals surface area contributed by atoms with Crippen LogP contribution in [0.1, 0.15) is 33.4 Å². The van der Waals surface area contributed by atoms with Gasteiger partial charge < -0.3 is 18.9 Å². The predicted molar refractivity (Wildman–Crippen MR) is 392 cm³/mol. The van der Waals surface area contributed by atoms with Gasteiger partial charge in [-0.25, -0.2) is 0 Å². The van der Waals surface area contributed by atoms with Crippen molar-refractivity contribution in [1.82, 2.24) is 9.13 Å². The van der Waals surface area contributed by atoms with Gasteiger partial charge in [0.2, 0.25) is 13.4 Å². The summed E-state index contributed by atoms with van der Waals surface area (Å²) in [6.45, 7) is 4.33. The van der Waals surface area contributed by atoms with Crippen LogP contribution in [-0.2, 0) is 5.41 Å². The SMILES string of the molecule is Cc1ccc2c(c1)c1cc(C)ccc1n2-c1ccc2c(c1)-c1c(ccc3c1N(c1ccccc1)c1ccccc1B3c1ccccc1)C21c2ccc(-n3c4ccccc4c4ccccc43)cc2-c2c1ccc1c2N(c2ccccc2)c2ccccc2B1c1ccccc1. The fraction of sp³-hybridized carbons (Fsp3) is 0.0345. The molecular weight excluding hydrogens is 1120 g/mol. The van der Waals surface area contributed by atoms with Gasteiger partial charge in [0.05, 0.1) is 27.5 Å². The molecule has 0 bridgehead atoms. The molecule has 0 N–H and O–H groups in total. The first-order valence-electron chi connectivity index (χ1n) is 32.6. The largest absolute Gasteiger partial charge is 0.311 e. The minimum Gasteiger partial charge on any atom is -0.311 e. The number of nitrogens with zero attached hydrogens (tertiary/aromatic N) is 4. The summed E-state index contributed by atoms with van der Waals surface area (Å²) < 4.78 is 5.04. The molecule has 1 atom stereocenters. The predicted octanol–water partition coefficient (Wildman–Crippen LogP) is 17.4. The first kappa shape index (κ1) is 52.2. The Balaban J connectivity index is 0.966. The van der Waals surface area contributed by atoms with E-state index >= 15 is 0 Å². The van der Waals surface area contributed by atoms with E-state index in [2.05, 4.69) is 348 Å². The highest BCUT2D eigenvalue weighted by molar-refractivity contribution is 6.98. The highest BCUT2D eigenvalue weighted by Crippen LogP contribution is 2.67. The van der Waals surface area contributed by atoms with Crippen molar-refractivity contribution < 1.29 is 0 Å². The normalized spacial score (nSPS) is 14.7. The van der Waals surface area contributed by atoms with E-state index in [9.17, 15) is 0 Å². The van der Waals surface area contributed by atoms with Crippen LogP contribution in [0.4, 0.5) is 34.1 Å². The van der Waals surface area contributed by atoms with Crippen LogP contribution < -0.4 is 42.6 Å². The fourth-order valence-corrected chi connectivity index (χ4v) is 17.5. The lowest BCUT2D eigenvalue weighted by Crippen LogP contribution is -2.57. The molecule has 14 aromatic carbocycles. The van der Waals surface area contributed by atoms with Crippen molar-refractivity contribution in [2.45, 2.75) is 19.3 Å². The first-order valence-corrected chi connectivity index (χ1v) is 32.6. The number of benzene rings is 14. The summed E-state index contributed by atoms with van der Waals surface area (Å²) in [5.74, 6) is 0. The van der Waals surface area contributed by atoms with Crippen molar-refractivity contribution in [3.63, 3.8) is 0 Å². The number of para-hydroxylation sites is 6. The van der Waals surface area contributed by atoms with E-state index in [4.69, 9.17) is 0 Å². The average molecular weight is 1180 g/mol. The number of anilines is 6. The maximum absolute atomic E-state index is 2.61. The van der Waals surface area contributed by atoms with Gasteiger partial charge in [0.1, 0.15) is 0 Å². The number of aryl methyl sites for hydroxylation is 2. The molecular formula is C87H58B2N4. The van der Waals surface area contributed by atoms with Gasteiger partial charge >= 0.3 is 0 Å². The molecule has 0 amide bonds. The minimum atomic E-state index is -0.810. The fourth-order valence-electron chi connectivity index (χ4n) is 17.5. The molecule has 20 rings (SSSR count). The van der Waals surface area contributed by atoms with E-state index in [1.54, 1.807) is 0 Å². The lowest BCUT2D eigenvalue weighted by atomic mass is 9.35. The summed E-state index contributed by atoms with van der Waals surface area (Å²) in [7, 11) is 0. The molecule has 2 aromatic heterocycles. The molecule has 4 aliphatic rings. The summed E-state index contributed by atoms with van der Waals surface area (Å²) in [6, 6.07) is 120. The lowest BCUT2D eigenvalue weighted by Gasteiger charge is -2.40. The van der Waals surface area contributed by atoms with Crippen molar-refractivity contribution in [1.29, 1.82) is 0 Å². The smallest absolute Gasteiger partial charge is 0.246 e. The van der Waals surface area contributed by atoms with E-state index in [1.807, 2.05) is 0 Å². The zero-order valence-electron chi connectivity index (χ0n) is 51.5. The number of hydrogen-bond acceptors (Lipinski definition) is 2. The third kappa shape index (κ3) is 7.18. The minimum absolute atomic E-state index is 0.0471. The van der Waals surface area contributed by atoms with Crippen molar-refractivity contribution in [3.05, 3.63) is 349 Å². The standard InChI is InChI=1S/C87H58B2N4/c1-55-39-49-79-65(51-55)66-52-56(2)40-50-80(66)91(79)62-42-44-70-68(54-62)84-72(46-48-76-86(84)93(60-29-13-6-14-30-60)82-38-22-18-34-74(82)89(76)58-25-9-4-10-26-58)87(70)69-43-41-61(90-77-35-19-15-31-63(77)64-32-16-20-36-78(64)90)53-67(69)83-71(87)45-47-75-85(83)92(59-27-11-5-12-28-59)81-37-21-17-33-73(81)88(75)57-23-7-3-8-24-57/h3-54H,1-2H3. The Morgan fingerprint density at radius 3 is 1.08 bits per heavy atom. The summed E-state index contributed by atoms with van der Waals surface area (Å²) in [6.07, 6.45) is 0. The van der Waals surface area contributed by atoms with Crippen LogP contribution in [0.2, 0.25) is 0 Å². The Labute approximate surface area is 541 Å². The average Bonchev–Trinajstić information content (AvgIpc) is 1.50. The molecule has 0 fully saturated rings. The van der Waals surface area contributed by atoms with E-state index in [1.165, 1.54) is 155 Å². The van der Waals surface area contributed by atoms with Gasteiger partial charge in [-0.1, -0.05) is 240 Å². The Morgan fingerprint density at radius 1 is 0.269 bits per heavy atom. The van der Waals surface area contributed by atoms with Gasteiger partial charge in [0.15, 0.2) is 0 Å². The molecule has 2 aliphatic carbocycles. The van der Waals surface area contributed by atoms with Crippen molar-refractivity contribution in [2.24, 2.45) is 0 Å². The Bertz CT molecular complexity index is 5700. The zero-order chi connectivity index (χ0) is 61.2. The molecule has 1 unspecified atom stereocenters. The van der Waals surface area contributed by atoms with Crippen LogP contribution in [0.15, 0.2) is 315 Å². The van der Waals surface area contributed by atoms with E-state index in [0.717, 1.165) is 22.7 Å². The molecule has 0 saturated heterocycles. The summed E-state index contributed by atoms with van der Waals surface area (Å²) in [4.78, 5) is 5.22. The molecule has 1 spiro atoms. The maximum atomic E-state index is 2.61. The number of hydrogen-bond donors (Lipinski definition) is 0. The van der Waals surface area contributed by atoms with Crippen LogP contribution in [0.5, 0.6) is 0 Å². The molecule has 0 saturated carbocycles. The maximum Gasteiger partial charge on any atom is 0.246 e. The van der Waals surface area contributed by atoms with Gasteiger partial charge in [-0.05, 0) is 166 Å². The quantitative estimate of drug-likeness (QED) is 0.154. The third-order valence-corrected chi connectivity index (χ3v) is 21.1.